The van der Waals surface area contributed by atoms with Gasteiger partial charge >= 0.3 is 0 Å². The molecule has 116 valence electrons. The Hall–Kier alpha value is -2.80. The van der Waals surface area contributed by atoms with E-state index in [1.165, 1.54) is 0 Å². The van der Waals surface area contributed by atoms with Gasteiger partial charge in [-0.1, -0.05) is 37.1 Å². The van der Waals surface area contributed by atoms with Crippen molar-refractivity contribution in [2.75, 3.05) is 5.32 Å². The minimum atomic E-state index is -0.879. The molecule has 0 aliphatic heterocycles. The first-order valence-corrected chi connectivity index (χ1v) is 7.78. The predicted octanol–water partition coefficient (Wildman–Crippen LogP) is 4.50. The van der Waals surface area contributed by atoms with Crippen molar-refractivity contribution in [3.8, 4) is 17.6 Å². The Kier molecular flexibility index (Phi) is 4.29. The van der Waals surface area contributed by atoms with Gasteiger partial charge in [0.1, 0.15) is 16.9 Å². The van der Waals surface area contributed by atoms with Crippen LogP contribution in [0, 0.1) is 16.7 Å². The van der Waals surface area contributed by atoms with Crippen molar-refractivity contribution in [2.45, 2.75) is 25.7 Å². The van der Waals surface area contributed by atoms with Gasteiger partial charge in [-0.2, -0.15) is 5.26 Å². The van der Waals surface area contributed by atoms with Crippen molar-refractivity contribution < 1.29 is 9.53 Å². The van der Waals surface area contributed by atoms with E-state index < -0.39 is 5.41 Å². The Bertz CT molecular complexity index is 729. The number of ether oxygens (including phenoxy) is 1. The summed E-state index contributed by atoms with van der Waals surface area (Å²) >= 11 is 0. The summed E-state index contributed by atoms with van der Waals surface area (Å²) < 4.78 is 5.76. The van der Waals surface area contributed by atoms with E-state index >= 15 is 0 Å². The molecule has 1 aliphatic carbocycles. The molecule has 1 aliphatic rings. The molecule has 1 fully saturated rings. The Morgan fingerprint density at radius 3 is 2.43 bits per heavy atom. The van der Waals surface area contributed by atoms with Crippen molar-refractivity contribution in [2.24, 2.45) is 5.41 Å². The SMILES string of the molecule is N#CC1(C(=O)Nc2cccc(Oc3ccccc3)c2)CCCC1. The van der Waals surface area contributed by atoms with Crippen LogP contribution in [-0.2, 0) is 4.79 Å². The van der Waals surface area contributed by atoms with Gasteiger partial charge in [0, 0.05) is 11.8 Å². The molecule has 0 spiro atoms. The zero-order chi connectivity index (χ0) is 16.1. The number of nitrogens with zero attached hydrogens (tertiary/aromatic N) is 1. The maximum Gasteiger partial charge on any atom is 0.244 e. The lowest BCUT2D eigenvalue weighted by Gasteiger charge is -2.19. The zero-order valence-corrected chi connectivity index (χ0v) is 12.8. The fourth-order valence-electron chi connectivity index (χ4n) is 2.88. The second-order valence-electron chi connectivity index (χ2n) is 5.80. The van der Waals surface area contributed by atoms with Crippen LogP contribution >= 0.6 is 0 Å². The quantitative estimate of drug-likeness (QED) is 0.904. The Balaban J connectivity index is 1.73. The molecule has 1 N–H and O–H groups in total. The smallest absolute Gasteiger partial charge is 0.244 e. The molecule has 2 aromatic rings. The summed E-state index contributed by atoms with van der Waals surface area (Å²) in [6.07, 6.45) is 3.13. The van der Waals surface area contributed by atoms with Gasteiger partial charge in [0.05, 0.1) is 6.07 Å². The molecule has 1 saturated carbocycles. The molecule has 23 heavy (non-hydrogen) atoms. The normalized spacial score (nSPS) is 15.6. The number of anilines is 1. The number of rotatable bonds is 4. The van der Waals surface area contributed by atoms with Crippen LogP contribution in [0.1, 0.15) is 25.7 Å². The standard InChI is InChI=1S/C19H18N2O2/c20-14-19(11-4-5-12-19)18(22)21-15-7-6-10-17(13-15)23-16-8-2-1-3-9-16/h1-3,6-10,13H,4-5,11-12H2,(H,21,22). The van der Waals surface area contributed by atoms with Crippen LogP contribution < -0.4 is 10.1 Å². The molecule has 0 heterocycles. The van der Waals surface area contributed by atoms with Crippen LogP contribution in [0.5, 0.6) is 11.5 Å². The predicted molar refractivity (Wildman–Crippen MR) is 88.1 cm³/mol. The van der Waals surface area contributed by atoms with E-state index in [1.807, 2.05) is 42.5 Å². The number of nitrogens with one attached hydrogen (secondary N) is 1. The Morgan fingerprint density at radius 2 is 1.74 bits per heavy atom. The molecule has 0 atom stereocenters. The highest BCUT2D eigenvalue weighted by atomic mass is 16.5. The number of benzene rings is 2. The summed E-state index contributed by atoms with van der Waals surface area (Å²) in [5.41, 5.74) is -0.235. The van der Waals surface area contributed by atoms with Gasteiger partial charge in [-0.15, -0.1) is 0 Å². The van der Waals surface area contributed by atoms with Crippen molar-refractivity contribution in [3.63, 3.8) is 0 Å². The molecule has 3 rings (SSSR count). The third kappa shape index (κ3) is 3.35. The monoisotopic (exact) mass is 306 g/mol. The van der Waals surface area contributed by atoms with Crippen molar-refractivity contribution in [3.05, 3.63) is 54.6 Å². The van der Waals surface area contributed by atoms with Crippen LogP contribution in [0.3, 0.4) is 0 Å². The fraction of sp³-hybridized carbons (Fsp3) is 0.263. The van der Waals surface area contributed by atoms with Crippen molar-refractivity contribution >= 4 is 11.6 Å². The van der Waals surface area contributed by atoms with Gasteiger partial charge in [0.25, 0.3) is 0 Å². The van der Waals surface area contributed by atoms with E-state index in [-0.39, 0.29) is 5.91 Å². The number of carbonyl (C=O) groups is 1. The molecule has 0 saturated heterocycles. The number of nitriles is 1. The summed E-state index contributed by atoms with van der Waals surface area (Å²) in [5, 5.41) is 12.2. The molecule has 0 radical (unpaired) electrons. The average Bonchev–Trinajstić information content (AvgIpc) is 3.06. The van der Waals surface area contributed by atoms with Gasteiger partial charge in [0.15, 0.2) is 0 Å². The number of amides is 1. The molecular formula is C19H18N2O2. The third-order valence-corrected chi connectivity index (χ3v) is 4.18. The van der Waals surface area contributed by atoms with Crippen LogP contribution in [0.25, 0.3) is 0 Å². The highest BCUT2D eigenvalue weighted by Crippen LogP contribution is 2.38. The first kappa shape index (κ1) is 15.1. The summed E-state index contributed by atoms with van der Waals surface area (Å²) in [6, 6.07) is 18.9. The van der Waals surface area contributed by atoms with Crippen molar-refractivity contribution in [1.82, 2.24) is 0 Å². The maximum atomic E-state index is 12.5. The van der Waals surface area contributed by atoms with E-state index in [1.54, 1.807) is 12.1 Å². The summed E-state index contributed by atoms with van der Waals surface area (Å²) in [5.74, 6) is 1.17. The lowest BCUT2D eigenvalue weighted by molar-refractivity contribution is -0.122. The second-order valence-corrected chi connectivity index (χ2v) is 5.80. The van der Waals surface area contributed by atoms with Gasteiger partial charge in [-0.3, -0.25) is 4.79 Å². The summed E-state index contributed by atoms with van der Waals surface area (Å²) in [6.45, 7) is 0. The fourth-order valence-corrected chi connectivity index (χ4v) is 2.88. The van der Waals surface area contributed by atoms with Gasteiger partial charge in [0.2, 0.25) is 5.91 Å². The summed E-state index contributed by atoms with van der Waals surface area (Å²) in [4.78, 5) is 12.5. The van der Waals surface area contributed by atoms with Crippen LogP contribution in [0.2, 0.25) is 0 Å². The van der Waals surface area contributed by atoms with Gasteiger partial charge in [-0.25, -0.2) is 0 Å². The third-order valence-electron chi connectivity index (χ3n) is 4.18. The lowest BCUT2D eigenvalue weighted by Crippen LogP contribution is -2.32. The minimum Gasteiger partial charge on any atom is -0.457 e. The van der Waals surface area contributed by atoms with Gasteiger partial charge in [-0.05, 0) is 37.1 Å². The number of para-hydroxylation sites is 1. The van der Waals surface area contributed by atoms with Crippen LogP contribution in [-0.4, -0.2) is 5.91 Å². The van der Waals surface area contributed by atoms with Crippen LogP contribution in [0.4, 0.5) is 5.69 Å². The van der Waals surface area contributed by atoms with E-state index in [4.69, 9.17) is 4.74 Å². The minimum absolute atomic E-state index is 0.214. The Labute approximate surface area is 135 Å². The molecule has 4 heteroatoms. The molecule has 0 unspecified atom stereocenters. The van der Waals surface area contributed by atoms with E-state index in [9.17, 15) is 10.1 Å². The molecule has 1 amide bonds. The molecule has 4 nitrogen and oxygen atoms in total. The van der Waals surface area contributed by atoms with E-state index in [0.717, 1.165) is 18.6 Å². The summed E-state index contributed by atoms with van der Waals surface area (Å²) in [7, 11) is 0. The van der Waals surface area contributed by atoms with E-state index in [0.29, 0.717) is 24.3 Å². The van der Waals surface area contributed by atoms with E-state index in [2.05, 4.69) is 11.4 Å². The highest BCUT2D eigenvalue weighted by Gasteiger charge is 2.41. The molecule has 2 aromatic carbocycles. The number of carbonyl (C=O) groups excluding carboxylic acids is 1. The lowest BCUT2D eigenvalue weighted by atomic mass is 9.87. The number of hydrogen-bond donors (Lipinski definition) is 1. The molecular weight excluding hydrogens is 288 g/mol. The molecule has 0 aromatic heterocycles. The average molecular weight is 306 g/mol. The van der Waals surface area contributed by atoms with Gasteiger partial charge < -0.3 is 10.1 Å². The number of hydrogen-bond acceptors (Lipinski definition) is 3. The zero-order valence-electron chi connectivity index (χ0n) is 12.8. The first-order valence-electron chi connectivity index (χ1n) is 7.78. The largest absolute Gasteiger partial charge is 0.457 e. The van der Waals surface area contributed by atoms with Crippen molar-refractivity contribution in [1.29, 1.82) is 5.26 Å². The van der Waals surface area contributed by atoms with Crippen LogP contribution in [0.15, 0.2) is 54.6 Å². The Morgan fingerprint density at radius 1 is 1.04 bits per heavy atom. The second kappa shape index (κ2) is 6.53. The molecule has 0 bridgehead atoms. The highest BCUT2D eigenvalue weighted by molar-refractivity contribution is 5.97. The first-order chi connectivity index (χ1) is 11.2. The topological polar surface area (TPSA) is 62.1 Å². The maximum absolute atomic E-state index is 12.5.